The van der Waals surface area contributed by atoms with Crippen molar-refractivity contribution in [2.75, 3.05) is 6.61 Å². The number of allylic oxidation sites excluding steroid dienone is 1. The number of esters is 1. The van der Waals surface area contributed by atoms with Crippen LogP contribution in [0, 0.1) is 16.0 Å². The van der Waals surface area contributed by atoms with Crippen LogP contribution in [0.1, 0.15) is 56.9 Å². The summed E-state index contributed by atoms with van der Waals surface area (Å²) < 4.78 is 5.57. The first-order valence-corrected chi connectivity index (χ1v) is 9.38. The number of nitro groups is 1. The molecule has 1 aromatic rings. The molecule has 0 spiro atoms. The third kappa shape index (κ3) is 4.53. The van der Waals surface area contributed by atoms with Crippen molar-refractivity contribution in [1.82, 2.24) is 5.32 Å². The zero-order valence-electron chi connectivity index (χ0n) is 15.4. The van der Waals surface area contributed by atoms with Crippen molar-refractivity contribution >= 4 is 17.6 Å². The van der Waals surface area contributed by atoms with Gasteiger partial charge in [-0.15, -0.1) is 0 Å². The molecule has 27 heavy (non-hydrogen) atoms. The number of carbonyl (C=O) groups is 2. The standard InChI is InChI=1S/C20H24N2O5/c1-13-19(20(24)27-12-14-6-3-2-4-7-14)17(11-18(23)21-13)15-8-5-9-16(10-15)22(25)26/h5,8-10,14,17H,2-4,6-7,11-12H2,1H3,(H,21,23)/t17-/m0/s1. The fourth-order valence-electron chi connectivity index (χ4n) is 3.94. The number of non-ortho nitro benzene ring substituents is 1. The van der Waals surface area contributed by atoms with Gasteiger partial charge in [-0.2, -0.15) is 0 Å². The lowest BCUT2D eigenvalue weighted by molar-refractivity contribution is -0.384. The Hall–Kier alpha value is -2.70. The molecule has 1 aromatic carbocycles. The minimum Gasteiger partial charge on any atom is -0.462 e. The van der Waals surface area contributed by atoms with Gasteiger partial charge in [0, 0.05) is 30.2 Å². The fraction of sp³-hybridized carbons (Fsp3) is 0.500. The van der Waals surface area contributed by atoms with Crippen LogP contribution in [0.4, 0.5) is 5.69 Å². The maximum atomic E-state index is 12.8. The SMILES string of the molecule is CC1=C(C(=O)OCC2CCCCC2)[C@H](c2cccc([N+](=O)[O-])c2)CC(=O)N1. The normalized spacial score (nSPS) is 20.9. The first kappa shape index (κ1) is 19.1. The first-order chi connectivity index (χ1) is 13.0. The van der Waals surface area contributed by atoms with Crippen LogP contribution in [0.15, 0.2) is 35.5 Å². The molecule has 1 saturated carbocycles. The van der Waals surface area contributed by atoms with Crippen LogP contribution < -0.4 is 5.32 Å². The van der Waals surface area contributed by atoms with Crippen LogP contribution in [0.5, 0.6) is 0 Å². The molecule has 1 N–H and O–H groups in total. The summed E-state index contributed by atoms with van der Waals surface area (Å²) in [5, 5.41) is 13.8. The lowest BCUT2D eigenvalue weighted by atomic mass is 9.84. The molecule has 1 amide bonds. The van der Waals surface area contributed by atoms with Crippen LogP contribution in [-0.2, 0) is 14.3 Å². The highest BCUT2D eigenvalue weighted by atomic mass is 16.6. The molecule has 2 aliphatic rings. The summed E-state index contributed by atoms with van der Waals surface area (Å²) in [7, 11) is 0. The van der Waals surface area contributed by atoms with Crippen molar-refractivity contribution in [2.45, 2.75) is 51.4 Å². The molecule has 7 nitrogen and oxygen atoms in total. The van der Waals surface area contributed by atoms with Gasteiger partial charge in [0.25, 0.3) is 5.69 Å². The Morgan fingerprint density at radius 2 is 2.04 bits per heavy atom. The van der Waals surface area contributed by atoms with Gasteiger partial charge in [0.1, 0.15) is 0 Å². The van der Waals surface area contributed by atoms with E-state index in [4.69, 9.17) is 4.74 Å². The number of nitrogens with zero attached hydrogens (tertiary/aromatic N) is 1. The van der Waals surface area contributed by atoms with Gasteiger partial charge in [0.15, 0.2) is 0 Å². The zero-order valence-corrected chi connectivity index (χ0v) is 15.4. The van der Waals surface area contributed by atoms with Crippen LogP contribution >= 0.6 is 0 Å². The molecule has 7 heteroatoms. The number of nitro benzene ring substituents is 1. The predicted molar refractivity (Wildman–Crippen MR) is 98.8 cm³/mol. The molecular weight excluding hydrogens is 348 g/mol. The zero-order chi connectivity index (χ0) is 19.4. The predicted octanol–water partition coefficient (Wildman–Crippen LogP) is 3.60. The number of amides is 1. The van der Waals surface area contributed by atoms with E-state index in [1.54, 1.807) is 19.1 Å². The summed E-state index contributed by atoms with van der Waals surface area (Å²) in [4.78, 5) is 35.4. The highest BCUT2D eigenvalue weighted by molar-refractivity contribution is 5.95. The Labute approximate surface area is 157 Å². The highest BCUT2D eigenvalue weighted by Crippen LogP contribution is 2.35. The van der Waals surface area contributed by atoms with Crippen LogP contribution in [0.3, 0.4) is 0 Å². The molecule has 3 rings (SSSR count). The molecule has 1 aliphatic heterocycles. The maximum Gasteiger partial charge on any atom is 0.336 e. The minimum absolute atomic E-state index is 0.0619. The molecule has 1 atom stereocenters. The number of hydrogen-bond donors (Lipinski definition) is 1. The van der Waals surface area contributed by atoms with Gasteiger partial charge in [-0.1, -0.05) is 31.4 Å². The van der Waals surface area contributed by atoms with Gasteiger partial charge in [-0.25, -0.2) is 4.79 Å². The smallest absolute Gasteiger partial charge is 0.336 e. The number of rotatable bonds is 5. The second-order valence-corrected chi connectivity index (χ2v) is 7.30. The third-order valence-electron chi connectivity index (χ3n) is 5.35. The van der Waals surface area contributed by atoms with Gasteiger partial charge < -0.3 is 10.1 Å². The van der Waals surface area contributed by atoms with Crippen molar-refractivity contribution < 1.29 is 19.2 Å². The second-order valence-electron chi connectivity index (χ2n) is 7.30. The van der Waals surface area contributed by atoms with Crippen molar-refractivity contribution in [3.05, 3.63) is 51.2 Å². The molecule has 0 radical (unpaired) electrons. The molecule has 0 saturated heterocycles. The number of ether oxygens (including phenoxy) is 1. The molecule has 0 bridgehead atoms. The average Bonchev–Trinajstić information content (AvgIpc) is 2.66. The van der Waals surface area contributed by atoms with E-state index in [1.165, 1.54) is 18.6 Å². The van der Waals surface area contributed by atoms with Crippen molar-refractivity contribution in [3.63, 3.8) is 0 Å². The van der Waals surface area contributed by atoms with E-state index in [0.29, 0.717) is 29.4 Å². The first-order valence-electron chi connectivity index (χ1n) is 9.38. The Balaban J connectivity index is 1.82. The monoisotopic (exact) mass is 372 g/mol. The van der Waals surface area contributed by atoms with Gasteiger partial charge in [-0.3, -0.25) is 14.9 Å². The van der Waals surface area contributed by atoms with Gasteiger partial charge in [-0.05, 0) is 31.2 Å². The Morgan fingerprint density at radius 1 is 1.30 bits per heavy atom. The number of carbonyl (C=O) groups excluding carboxylic acids is 2. The van der Waals surface area contributed by atoms with Gasteiger partial charge in [0.05, 0.1) is 17.1 Å². The Bertz CT molecular complexity index is 780. The summed E-state index contributed by atoms with van der Waals surface area (Å²) in [5.41, 5.74) is 1.34. The lowest BCUT2D eigenvalue weighted by Gasteiger charge is -2.27. The molecule has 0 unspecified atom stereocenters. The third-order valence-corrected chi connectivity index (χ3v) is 5.35. The second kappa shape index (κ2) is 8.33. The Kier molecular flexibility index (Phi) is 5.88. The molecule has 1 heterocycles. The summed E-state index contributed by atoms with van der Waals surface area (Å²) in [6.45, 7) is 2.05. The maximum absolute atomic E-state index is 12.8. The molecular formula is C20H24N2O5. The average molecular weight is 372 g/mol. The number of nitrogens with one attached hydrogen (secondary N) is 1. The van der Waals surface area contributed by atoms with E-state index in [-0.39, 0.29) is 18.0 Å². The van der Waals surface area contributed by atoms with Crippen molar-refractivity contribution in [1.29, 1.82) is 0 Å². The minimum atomic E-state index is -0.544. The largest absolute Gasteiger partial charge is 0.462 e. The molecule has 1 fully saturated rings. The molecule has 0 aromatic heterocycles. The topological polar surface area (TPSA) is 98.5 Å². The Morgan fingerprint density at radius 3 is 2.74 bits per heavy atom. The van der Waals surface area contributed by atoms with E-state index in [2.05, 4.69) is 5.32 Å². The van der Waals surface area contributed by atoms with Crippen molar-refractivity contribution in [3.8, 4) is 0 Å². The summed E-state index contributed by atoms with van der Waals surface area (Å²) in [6.07, 6.45) is 5.75. The summed E-state index contributed by atoms with van der Waals surface area (Å²) in [6, 6.07) is 6.09. The van der Waals surface area contributed by atoms with Gasteiger partial charge >= 0.3 is 5.97 Å². The van der Waals surface area contributed by atoms with Crippen LogP contribution in [-0.4, -0.2) is 23.4 Å². The number of benzene rings is 1. The highest BCUT2D eigenvalue weighted by Gasteiger charge is 2.33. The van der Waals surface area contributed by atoms with Crippen molar-refractivity contribution in [2.24, 2.45) is 5.92 Å². The van der Waals surface area contributed by atoms with Gasteiger partial charge in [0.2, 0.25) is 5.91 Å². The van der Waals surface area contributed by atoms with E-state index >= 15 is 0 Å². The van der Waals surface area contributed by atoms with E-state index in [9.17, 15) is 19.7 Å². The van der Waals surface area contributed by atoms with Crippen LogP contribution in [0.2, 0.25) is 0 Å². The summed E-state index contributed by atoms with van der Waals surface area (Å²) in [5.74, 6) is -0.821. The van der Waals surface area contributed by atoms with E-state index < -0.39 is 16.8 Å². The van der Waals surface area contributed by atoms with E-state index in [0.717, 1.165) is 25.7 Å². The van der Waals surface area contributed by atoms with E-state index in [1.807, 2.05) is 0 Å². The fourth-order valence-corrected chi connectivity index (χ4v) is 3.94. The lowest BCUT2D eigenvalue weighted by Crippen LogP contribution is -2.34. The summed E-state index contributed by atoms with van der Waals surface area (Å²) >= 11 is 0. The quantitative estimate of drug-likeness (QED) is 0.484. The molecule has 1 aliphatic carbocycles. The number of hydrogen-bond acceptors (Lipinski definition) is 5. The molecule has 144 valence electrons. The van der Waals surface area contributed by atoms with Crippen LogP contribution in [0.25, 0.3) is 0 Å².